The summed E-state index contributed by atoms with van der Waals surface area (Å²) in [5.74, 6) is 0.562. The van der Waals surface area contributed by atoms with E-state index in [1.807, 2.05) is 49.4 Å². The monoisotopic (exact) mass is 479 g/mol. The van der Waals surface area contributed by atoms with Crippen molar-refractivity contribution in [3.05, 3.63) is 93.5 Å². The summed E-state index contributed by atoms with van der Waals surface area (Å²) in [5, 5.41) is 0. The van der Waals surface area contributed by atoms with Crippen LogP contribution in [0.2, 0.25) is 0 Å². The van der Waals surface area contributed by atoms with Crippen LogP contribution in [-0.2, 0) is 6.54 Å². The van der Waals surface area contributed by atoms with Crippen molar-refractivity contribution in [2.24, 2.45) is 0 Å². The first-order valence-electron chi connectivity index (χ1n) is 10.0. The molecule has 5 rings (SSSR count). The number of carbonyl (C=O) groups excluding carboxylic acids is 1. The van der Waals surface area contributed by atoms with Crippen molar-refractivity contribution in [2.75, 3.05) is 6.61 Å². The zero-order chi connectivity index (χ0) is 21.5. The van der Waals surface area contributed by atoms with Crippen LogP contribution < -0.4 is 4.74 Å². The maximum atomic E-state index is 14.4. The van der Waals surface area contributed by atoms with Crippen LogP contribution in [0.25, 0.3) is 11.0 Å². The molecule has 0 fully saturated rings. The quantitative estimate of drug-likeness (QED) is 0.404. The van der Waals surface area contributed by atoms with Crippen LogP contribution in [0.3, 0.4) is 0 Å². The van der Waals surface area contributed by atoms with Gasteiger partial charge in [-0.2, -0.15) is 0 Å². The summed E-state index contributed by atoms with van der Waals surface area (Å²) in [6, 6.07) is 17.1. The number of amides is 1. The Morgan fingerprint density at radius 3 is 2.84 bits per heavy atom. The van der Waals surface area contributed by atoms with Crippen LogP contribution in [0.5, 0.6) is 5.75 Å². The smallest absolute Gasteiger partial charge is 0.255 e. The molecule has 0 saturated heterocycles. The topological polar surface area (TPSA) is 58.2 Å². The zero-order valence-corrected chi connectivity index (χ0v) is 18.3. The highest BCUT2D eigenvalue weighted by Gasteiger charge is 2.37. The van der Waals surface area contributed by atoms with Crippen molar-refractivity contribution in [2.45, 2.75) is 19.5 Å². The van der Waals surface area contributed by atoms with Gasteiger partial charge in [0.25, 0.3) is 5.91 Å². The largest absolute Gasteiger partial charge is 0.493 e. The molecule has 1 atom stereocenters. The SMILES string of the molecule is CCOc1ccc(F)cc1C(c1nc2ccccc2[nH]1)N1Cc2ccc(Br)cc2C1=O. The minimum atomic E-state index is -0.636. The van der Waals surface area contributed by atoms with E-state index in [2.05, 4.69) is 20.9 Å². The van der Waals surface area contributed by atoms with E-state index in [1.54, 1.807) is 11.0 Å². The highest BCUT2D eigenvalue weighted by atomic mass is 79.9. The number of rotatable bonds is 5. The average molecular weight is 480 g/mol. The van der Waals surface area contributed by atoms with E-state index < -0.39 is 11.9 Å². The van der Waals surface area contributed by atoms with Crippen molar-refractivity contribution >= 4 is 32.9 Å². The van der Waals surface area contributed by atoms with Crippen molar-refractivity contribution in [1.82, 2.24) is 14.9 Å². The third kappa shape index (κ3) is 3.49. The normalized spacial score (nSPS) is 14.2. The molecule has 4 aromatic rings. The molecule has 3 aromatic carbocycles. The summed E-state index contributed by atoms with van der Waals surface area (Å²) in [6.45, 7) is 2.69. The molecular weight excluding hydrogens is 461 g/mol. The van der Waals surface area contributed by atoms with E-state index in [-0.39, 0.29) is 5.91 Å². The third-order valence-electron chi connectivity index (χ3n) is 5.45. The van der Waals surface area contributed by atoms with Crippen molar-refractivity contribution in [3.63, 3.8) is 0 Å². The summed E-state index contributed by atoms with van der Waals surface area (Å²) >= 11 is 3.45. The summed E-state index contributed by atoms with van der Waals surface area (Å²) in [4.78, 5) is 23.2. The van der Waals surface area contributed by atoms with E-state index in [9.17, 15) is 9.18 Å². The number of benzene rings is 3. The number of carbonyl (C=O) groups is 1. The molecule has 1 amide bonds. The van der Waals surface area contributed by atoms with Crippen LogP contribution in [0, 0.1) is 5.82 Å². The Balaban J connectivity index is 1.69. The first-order chi connectivity index (χ1) is 15.0. The molecule has 1 aliphatic heterocycles. The van der Waals surface area contributed by atoms with Crippen LogP contribution in [0.1, 0.15) is 40.3 Å². The Bertz CT molecular complexity index is 1270. The van der Waals surface area contributed by atoms with Gasteiger partial charge in [-0.3, -0.25) is 4.79 Å². The van der Waals surface area contributed by atoms with Crippen molar-refractivity contribution < 1.29 is 13.9 Å². The molecule has 1 unspecified atom stereocenters. The molecule has 1 N–H and O–H groups in total. The molecule has 1 aromatic heterocycles. The van der Waals surface area contributed by atoms with E-state index in [1.165, 1.54) is 12.1 Å². The van der Waals surface area contributed by atoms with Crippen LogP contribution in [-0.4, -0.2) is 27.4 Å². The number of fused-ring (bicyclic) bond motifs is 2. The Morgan fingerprint density at radius 2 is 2.03 bits per heavy atom. The maximum Gasteiger partial charge on any atom is 0.255 e. The van der Waals surface area contributed by atoms with E-state index in [0.717, 1.165) is 21.1 Å². The summed E-state index contributed by atoms with van der Waals surface area (Å²) in [5.41, 5.74) is 3.74. The minimum Gasteiger partial charge on any atom is -0.493 e. The molecule has 0 aliphatic carbocycles. The highest BCUT2D eigenvalue weighted by molar-refractivity contribution is 9.10. The second-order valence-corrected chi connectivity index (χ2v) is 8.31. The summed E-state index contributed by atoms with van der Waals surface area (Å²) in [6.07, 6.45) is 0. The first kappa shape index (κ1) is 19.8. The molecular formula is C24H19BrFN3O2. The van der Waals surface area contributed by atoms with Gasteiger partial charge in [0.15, 0.2) is 0 Å². The first-order valence-corrected chi connectivity index (χ1v) is 10.8. The lowest BCUT2D eigenvalue weighted by Gasteiger charge is -2.28. The Hall–Kier alpha value is -3.19. The van der Waals surface area contributed by atoms with E-state index in [4.69, 9.17) is 9.72 Å². The van der Waals surface area contributed by atoms with Gasteiger partial charge in [0.05, 0.1) is 17.6 Å². The second-order valence-electron chi connectivity index (χ2n) is 7.39. The van der Waals surface area contributed by atoms with Gasteiger partial charge in [0, 0.05) is 22.1 Å². The fourth-order valence-corrected chi connectivity index (χ4v) is 4.45. The number of hydrogen-bond acceptors (Lipinski definition) is 3. The fraction of sp³-hybridized carbons (Fsp3) is 0.167. The molecule has 7 heteroatoms. The van der Waals surface area contributed by atoms with Crippen LogP contribution in [0.4, 0.5) is 4.39 Å². The molecule has 2 heterocycles. The number of hydrogen-bond donors (Lipinski definition) is 1. The molecule has 0 radical (unpaired) electrons. The van der Waals surface area contributed by atoms with E-state index >= 15 is 0 Å². The minimum absolute atomic E-state index is 0.131. The number of ether oxygens (including phenoxy) is 1. The maximum absolute atomic E-state index is 14.4. The Kier molecular flexibility index (Phi) is 4.98. The standard InChI is InChI=1S/C24H19BrFN3O2/c1-2-31-21-10-9-16(26)12-18(21)22(23-27-19-5-3-4-6-20(19)28-23)29-13-14-7-8-15(25)11-17(14)24(29)30/h3-12,22H,2,13H2,1H3,(H,27,28). The number of aromatic nitrogens is 2. The highest BCUT2D eigenvalue weighted by Crippen LogP contribution is 2.40. The average Bonchev–Trinajstić information content (AvgIpc) is 3.32. The number of halogens is 2. The van der Waals surface area contributed by atoms with Gasteiger partial charge in [-0.05, 0) is 55.0 Å². The second kappa shape index (κ2) is 7.81. The van der Waals surface area contributed by atoms with Gasteiger partial charge in [-0.15, -0.1) is 0 Å². The van der Waals surface area contributed by atoms with Gasteiger partial charge < -0.3 is 14.6 Å². The van der Waals surface area contributed by atoms with Crippen molar-refractivity contribution in [1.29, 1.82) is 0 Å². The van der Waals surface area contributed by atoms with Crippen LogP contribution >= 0.6 is 15.9 Å². The molecule has 5 nitrogen and oxygen atoms in total. The molecule has 156 valence electrons. The molecule has 1 aliphatic rings. The third-order valence-corrected chi connectivity index (χ3v) is 5.94. The van der Waals surface area contributed by atoms with E-state index in [0.29, 0.717) is 35.9 Å². The predicted molar refractivity (Wildman–Crippen MR) is 120 cm³/mol. The number of nitrogens with zero attached hydrogens (tertiary/aromatic N) is 2. The molecule has 0 spiro atoms. The number of aromatic amines is 1. The van der Waals surface area contributed by atoms with Gasteiger partial charge >= 0.3 is 0 Å². The van der Waals surface area contributed by atoms with Gasteiger partial charge in [-0.25, -0.2) is 9.37 Å². The van der Waals surface area contributed by atoms with Gasteiger partial charge in [0.2, 0.25) is 0 Å². The zero-order valence-electron chi connectivity index (χ0n) is 16.7. The fourth-order valence-electron chi connectivity index (χ4n) is 4.09. The number of nitrogens with one attached hydrogen (secondary N) is 1. The molecule has 0 bridgehead atoms. The van der Waals surface area contributed by atoms with Crippen LogP contribution in [0.15, 0.2) is 65.1 Å². The lowest BCUT2D eigenvalue weighted by Crippen LogP contribution is -2.31. The predicted octanol–water partition coefficient (Wildman–Crippen LogP) is 5.61. The van der Waals surface area contributed by atoms with Crippen molar-refractivity contribution in [3.8, 4) is 5.75 Å². The Labute approximate surface area is 187 Å². The Morgan fingerprint density at radius 1 is 1.19 bits per heavy atom. The number of imidazole rings is 1. The summed E-state index contributed by atoms with van der Waals surface area (Å²) in [7, 11) is 0. The number of H-pyrrole nitrogens is 1. The van der Waals surface area contributed by atoms with Gasteiger partial charge in [0.1, 0.15) is 23.4 Å². The number of para-hydroxylation sites is 2. The lowest BCUT2D eigenvalue weighted by molar-refractivity contribution is 0.0723. The van der Waals surface area contributed by atoms with Gasteiger partial charge in [-0.1, -0.05) is 34.1 Å². The lowest BCUT2D eigenvalue weighted by atomic mass is 10.0. The molecule has 31 heavy (non-hydrogen) atoms. The summed E-state index contributed by atoms with van der Waals surface area (Å²) < 4.78 is 21.0. The molecule has 0 saturated carbocycles.